The Bertz CT molecular complexity index is 1160. The minimum Gasteiger partial charge on any atom is -0.494 e. The summed E-state index contributed by atoms with van der Waals surface area (Å²) in [4.78, 5) is 23.3. The quantitative estimate of drug-likeness (QED) is 0.352. The molecule has 0 bridgehead atoms. The molecule has 0 N–H and O–H groups in total. The third-order valence-electron chi connectivity index (χ3n) is 4.73. The van der Waals surface area contributed by atoms with Crippen LogP contribution >= 0.6 is 11.3 Å². The molecule has 0 unspecified atom stereocenters. The van der Waals surface area contributed by atoms with Gasteiger partial charge in [0.05, 0.1) is 23.2 Å². The molecule has 0 atom stereocenters. The fourth-order valence-corrected chi connectivity index (χ4v) is 4.21. The summed E-state index contributed by atoms with van der Waals surface area (Å²) in [5.74, 6) is 0.772. The van der Waals surface area contributed by atoms with Gasteiger partial charge in [0.25, 0.3) is 5.91 Å². The van der Waals surface area contributed by atoms with E-state index in [4.69, 9.17) is 9.47 Å². The van der Waals surface area contributed by atoms with Gasteiger partial charge in [-0.05, 0) is 55.8 Å². The van der Waals surface area contributed by atoms with Crippen molar-refractivity contribution in [1.29, 1.82) is 0 Å². The maximum Gasteiger partial charge on any atom is 0.266 e. The topological polar surface area (TPSA) is 69.5 Å². The first-order valence-electron chi connectivity index (χ1n) is 10.3. The molecule has 4 rings (SSSR count). The van der Waals surface area contributed by atoms with Gasteiger partial charge in [0, 0.05) is 25.5 Å². The molecule has 0 fully saturated rings. The molecule has 2 heterocycles. The highest BCUT2D eigenvalue weighted by molar-refractivity contribution is 7.22. The van der Waals surface area contributed by atoms with Gasteiger partial charge in [0.1, 0.15) is 17.3 Å². The van der Waals surface area contributed by atoms with Crippen LogP contribution in [0.4, 0.5) is 9.52 Å². The summed E-state index contributed by atoms with van der Waals surface area (Å²) in [6.07, 6.45) is 6.04. The Hall–Kier alpha value is -3.46. The SMILES string of the molecule is CCOc1ccc(OCC(=O)N(CCCn2ccnc2)c2nc3ccc(F)cc3s2)cc1. The molecule has 2 aromatic heterocycles. The second-order valence-corrected chi connectivity index (χ2v) is 8.01. The molecule has 0 saturated heterocycles. The summed E-state index contributed by atoms with van der Waals surface area (Å²) in [6.45, 7) is 3.53. The molecule has 0 aliphatic carbocycles. The zero-order valence-electron chi connectivity index (χ0n) is 17.6. The lowest BCUT2D eigenvalue weighted by Crippen LogP contribution is -2.36. The molecular formula is C23H23FN4O3S. The van der Waals surface area contributed by atoms with Crippen LogP contribution in [0.15, 0.2) is 61.2 Å². The Morgan fingerprint density at radius 3 is 2.66 bits per heavy atom. The maximum atomic E-state index is 13.6. The fraction of sp³-hybridized carbons (Fsp3) is 0.261. The number of amides is 1. The van der Waals surface area contributed by atoms with E-state index >= 15 is 0 Å². The first-order valence-corrected chi connectivity index (χ1v) is 11.1. The van der Waals surface area contributed by atoms with Crippen molar-refractivity contribution in [3.63, 3.8) is 0 Å². The van der Waals surface area contributed by atoms with Crippen molar-refractivity contribution in [2.24, 2.45) is 0 Å². The van der Waals surface area contributed by atoms with Crippen molar-refractivity contribution in [2.75, 3.05) is 24.7 Å². The molecule has 32 heavy (non-hydrogen) atoms. The number of aromatic nitrogens is 3. The molecule has 7 nitrogen and oxygen atoms in total. The van der Waals surface area contributed by atoms with Gasteiger partial charge in [-0.3, -0.25) is 9.69 Å². The highest BCUT2D eigenvalue weighted by atomic mass is 32.1. The van der Waals surface area contributed by atoms with E-state index in [1.165, 1.54) is 23.5 Å². The smallest absolute Gasteiger partial charge is 0.266 e. The van der Waals surface area contributed by atoms with Gasteiger partial charge in [0.15, 0.2) is 11.7 Å². The average molecular weight is 455 g/mol. The number of hydrogen-bond acceptors (Lipinski definition) is 6. The molecule has 0 aliphatic rings. The van der Waals surface area contributed by atoms with Gasteiger partial charge in [-0.25, -0.2) is 14.4 Å². The number of anilines is 1. The number of carbonyl (C=O) groups excluding carboxylic acids is 1. The third-order valence-corrected chi connectivity index (χ3v) is 5.77. The lowest BCUT2D eigenvalue weighted by molar-refractivity contribution is -0.120. The largest absolute Gasteiger partial charge is 0.494 e. The molecular weight excluding hydrogens is 431 g/mol. The lowest BCUT2D eigenvalue weighted by atomic mass is 10.3. The molecule has 9 heteroatoms. The van der Waals surface area contributed by atoms with Crippen molar-refractivity contribution in [3.8, 4) is 11.5 Å². The highest BCUT2D eigenvalue weighted by Crippen LogP contribution is 2.30. The number of aryl methyl sites for hydroxylation is 1. The number of benzene rings is 2. The number of hydrogen-bond donors (Lipinski definition) is 0. The Balaban J connectivity index is 1.46. The van der Waals surface area contributed by atoms with E-state index < -0.39 is 0 Å². The first-order chi connectivity index (χ1) is 15.6. The Labute approximate surface area is 189 Å². The standard InChI is InChI=1S/C23H23FN4O3S/c1-2-30-18-5-7-19(8-6-18)31-15-22(29)28(12-3-11-27-13-10-25-16-27)23-26-20-9-4-17(24)14-21(20)32-23/h4-10,13-14,16H,2-3,11-12,15H2,1H3. The normalized spacial score (nSPS) is 10.9. The van der Waals surface area contributed by atoms with Crippen LogP contribution in [0.5, 0.6) is 11.5 Å². The predicted octanol–water partition coefficient (Wildman–Crippen LogP) is 4.53. The Morgan fingerprint density at radius 1 is 1.16 bits per heavy atom. The maximum absolute atomic E-state index is 13.6. The van der Waals surface area contributed by atoms with Crippen LogP contribution < -0.4 is 14.4 Å². The van der Waals surface area contributed by atoms with E-state index in [-0.39, 0.29) is 18.3 Å². The van der Waals surface area contributed by atoms with E-state index in [1.807, 2.05) is 17.7 Å². The Morgan fingerprint density at radius 2 is 1.94 bits per heavy atom. The monoisotopic (exact) mass is 454 g/mol. The van der Waals surface area contributed by atoms with E-state index in [0.29, 0.717) is 47.2 Å². The van der Waals surface area contributed by atoms with Crippen LogP contribution in [-0.4, -0.2) is 40.2 Å². The van der Waals surface area contributed by atoms with Crippen LogP contribution in [0, 0.1) is 5.82 Å². The summed E-state index contributed by atoms with van der Waals surface area (Å²) in [6, 6.07) is 11.6. The van der Waals surface area contributed by atoms with Gasteiger partial charge in [-0.2, -0.15) is 0 Å². The molecule has 0 saturated carbocycles. The van der Waals surface area contributed by atoms with Crippen molar-refractivity contribution >= 4 is 32.6 Å². The molecule has 4 aromatic rings. The van der Waals surface area contributed by atoms with Crippen LogP contribution in [-0.2, 0) is 11.3 Å². The predicted molar refractivity (Wildman–Crippen MR) is 122 cm³/mol. The first kappa shape index (κ1) is 21.8. The number of ether oxygens (including phenoxy) is 2. The van der Waals surface area contributed by atoms with Gasteiger partial charge >= 0.3 is 0 Å². The van der Waals surface area contributed by atoms with E-state index in [2.05, 4.69) is 9.97 Å². The zero-order valence-corrected chi connectivity index (χ0v) is 18.4. The van der Waals surface area contributed by atoms with Crippen LogP contribution in [0.3, 0.4) is 0 Å². The molecule has 0 radical (unpaired) electrons. The van der Waals surface area contributed by atoms with Crippen molar-refractivity contribution in [2.45, 2.75) is 19.9 Å². The Kier molecular flexibility index (Phi) is 6.96. The number of carbonyl (C=O) groups is 1. The fourth-order valence-electron chi connectivity index (χ4n) is 3.18. The number of halogens is 1. The van der Waals surface area contributed by atoms with Crippen molar-refractivity contribution in [1.82, 2.24) is 14.5 Å². The van der Waals surface area contributed by atoms with Gasteiger partial charge in [-0.1, -0.05) is 11.3 Å². The zero-order chi connectivity index (χ0) is 22.3. The minimum absolute atomic E-state index is 0.136. The third kappa shape index (κ3) is 5.42. The number of fused-ring (bicyclic) bond motifs is 1. The number of nitrogens with zero attached hydrogens (tertiary/aromatic N) is 4. The highest BCUT2D eigenvalue weighted by Gasteiger charge is 2.20. The van der Waals surface area contributed by atoms with Crippen LogP contribution in [0.2, 0.25) is 0 Å². The molecule has 166 valence electrons. The number of rotatable bonds is 10. The summed E-state index contributed by atoms with van der Waals surface area (Å²) in [5, 5.41) is 0.525. The summed E-state index contributed by atoms with van der Waals surface area (Å²) in [7, 11) is 0. The molecule has 2 aromatic carbocycles. The lowest BCUT2D eigenvalue weighted by Gasteiger charge is -2.20. The van der Waals surface area contributed by atoms with E-state index in [9.17, 15) is 9.18 Å². The van der Waals surface area contributed by atoms with Gasteiger partial charge in [0.2, 0.25) is 0 Å². The summed E-state index contributed by atoms with van der Waals surface area (Å²) < 4.78 is 27.4. The van der Waals surface area contributed by atoms with Crippen molar-refractivity contribution in [3.05, 3.63) is 67.0 Å². The molecule has 0 aliphatic heterocycles. The van der Waals surface area contributed by atoms with Crippen LogP contribution in [0.1, 0.15) is 13.3 Å². The minimum atomic E-state index is -0.329. The van der Waals surface area contributed by atoms with E-state index in [0.717, 1.165) is 5.75 Å². The van der Waals surface area contributed by atoms with E-state index in [1.54, 1.807) is 47.8 Å². The number of imidazole rings is 1. The summed E-state index contributed by atoms with van der Waals surface area (Å²) >= 11 is 1.29. The number of thiazole rings is 1. The molecule has 1 amide bonds. The summed E-state index contributed by atoms with van der Waals surface area (Å²) in [5.41, 5.74) is 0.659. The molecule has 0 spiro atoms. The second-order valence-electron chi connectivity index (χ2n) is 7.00. The van der Waals surface area contributed by atoms with Gasteiger partial charge in [-0.15, -0.1) is 0 Å². The van der Waals surface area contributed by atoms with Crippen LogP contribution in [0.25, 0.3) is 10.2 Å². The van der Waals surface area contributed by atoms with Gasteiger partial charge < -0.3 is 14.0 Å². The second kappa shape index (κ2) is 10.2. The average Bonchev–Trinajstić information content (AvgIpc) is 3.45. The van der Waals surface area contributed by atoms with Crippen molar-refractivity contribution < 1.29 is 18.7 Å².